The second-order valence-corrected chi connectivity index (χ2v) is 5.60. The van der Waals surface area contributed by atoms with Gasteiger partial charge in [0, 0.05) is 0 Å². The van der Waals surface area contributed by atoms with Crippen LogP contribution in [0.5, 0.6) is 0 Å². The van der Waals surface area contributed by atoms with Crippen LogP contribution in [0.2, 0.25) is 0 Å². The minimum absolute atomic E-state index is 0.227. The van der Waals surface area contributed by atoms with Crippen LogP contribution in [-0.2, 0) is 4.79 Å². The molecule has 0 aliphatic carbocycles. The predicted molar refractivity (Wildman–Crippen MR) is 65.7 cm³/mol. The molecule has 0 heterocycles. The number of allylic oxidation sites excluding steroid dienone is 1. The van der Waals surface area contributed by atoms with E-state index in [1.165, 1.54) is 0 Å². The van der Waals surface area contributed by atoms with Gasteiger partial charge in [-0.3, -0.25) is 0 Å². The van der Waals surface area contributed by atoms with Crippen LogP contribution >= 0.6 is 0 Å². The molecule has 0 radical (unpaired) electrons. The van der Waals surface area contributed by atoms with Crippen molar-refractivity contribution in [2.45, 2.75) is 12.8 Å². The molecule has 1 rings (SSSR count). The van der Waals surface area contributed by atoms with Crippen molar-refractivity contribution in [2.75, 3.05) is 4.93 Å². The van der Waals surface area contributed by atoms with Crippen molar-refractivity contribution in [3.05, 3.63) is 48.0 Å². The van der Waals surface area contributed by atoms with Crippen molar-refractivity contribution >= 4 is 15.9 Å². The Balaban J connectivity index is 2.55. The van der Waals surface area contributed by atoms with Crippen LogP contribution in [0.1, 0.15) is 24.0 Å². The first-order valence-electron chi connectivity index (χ1n) is 5.18. The van der Waals surface area contributed by atoms with E-state index in [0.29, 0.717) is 10.2 Å². The van der Waals surface area contributed by atoms with Gasteiger partial charge in [-0.15, -0.1) is 0 Å². The van der Waals surface area contributed by atoms with Crippen molar-refractivity contribution in [3.8, 4) is 0 Å². The fraction of sp³-hybridized carbons (Fsp3) is 0.214. The van der Waals surface area contributed by atoms with Crippen molar-refractivity contribution < 1.29 is 26.0 Å². The Morgan fingerprint density at radius 1 is 1.38 bits per heavy atom. The molecule has 86 valence electrons. The minimum atomic E-state index is -0.227. The van der Waals surface area contributed by atoms with Gasteiger partial charge >= 0.3 is 108 Å². The third-order valence-corrected chi connectivity index (χ3v) is 3.97. The van der Waals surface area contributed by atoms with Crippen LogP contribution < -0.4 is 21.2 Å². The van der Waals surface area contributed by atoms with Crippen molar-refractivity contribution in [3.63, 3.8) is 0 Å². The van der Waals surface area contributed by atoms with Gasteiger partial charge in [-0.2, -0.15) is 0 Å². The van der Waals surface area contributed by atoms with Crippen LogP contribution in [-0.4, -0.2) is 8.72 Å². The van der Waals surface area contributed by atoms with Crippen LogP contribution in [0.15, 0.2) is 36.9 Å². The molecular weight excluding hydrogens is 311 g/mol. The Labute approximate surface area is 108 Å². The molecular formula is C14H16IO-. The third kappa shape index (κ3) is 4.31. The van der Waals surface area contributed by atoms with Crippen LogP contribution in [0.4, 0.5) is 0 Å². The van der Waals surface area contributed by atoms with E-state index in [2.05, 4.69) is 24.8 Å². The van der Waals surface area contributed by atoms with E-state index in [0.717, 1.165) is 17.5 Å². The van der Waals surface area contributed by atoms with E-state index in [1.807, 2.05) is 29.2 Å². The van der Waals surface area contributed by atoms with Gasteiger partial charge in [-0.1, -0.05) is 0 Å². The van der Waals surface area contributed by atoms with Crippen LogP contribution in [0.25, 0.3) is 12.2 Å². The van der Waals surface area contributed by atoms with Crippen LogP contribution in [0, 0.1) is 0 Å². The number of hydrogen-bond acceptors (Lipinski definition) is 1. The zero-order chi connectivity index (χ0) is 11.8. The van der Waals surface area contributed by atoms with Gasteiger partial charge in [0.2, 0.25) is 0 Å². The van der Waals surface area contributed by atoms with Gasteiger partial charge < -0.3 is 0 Å². The van der Waals surface area contributed by atoms with Gasteiger partial charge in [-0.25, -0.2) is 0 Å². The average molecular weight is 327 g/mol. The van der Waals surface area contributed by atoms with E-state index in [9.17, 15) is 4.79 Å². The molecule has 2 heteroatoms. The monoisotopic (exact) mass is 327 g/mol. The molecule has 0 atom stereocenters. The number of carbonyl (C=O) groups is 1. The molecule has 0 spiro atoms. The van der Waals surface area contributed by atoms with E-state index < -0.39 is 0 Å². The summed E-state index contributed by atoms with van der Waals surface area (Å²) in [6, 6.07) is 8.10. The van der Waals surface area contributed by atoms with Gasteiger partial charge in [0.1, 0.15) is 0 Å². The number of benzene rings is 1. The average Bonchev–Trinajstić information content (AvgIpc) is 2.34. The summed E-state index contributed by atoms with van der Waals surface area (Å²) < 4.78 is 0.431. The molecule has 0 N–H and O–H groups in total. The molecule has 0 fully saturated rings. The molecule has 0 unspecified atom stereocenters. The van der Waals surface area contributed by atoms with Crippen LogP contribution in [0.3, 0.4) is 0 Å². The summed E-state index contributed by atoms with van der Waals surface area (Å²) in [5.74, 6) is 0. The zero-order valence-electron chi connectivity index (χ0n) is 9.45. The Morgan fingerprint density at radius 3 is 2.69 bits per heavy atom. The second-order valence-electron chi connectivity index (χ2n) is 3.32. The Hall–Kier alpha value is -0.900. The first kappa shape index (κ1) is 13.2. The first-order valence-corrected chi connectivity index (χ1v) is 8.42. The van der Waals surface area contributed by atoms with Gasteiger partial charge in [0.05, 0.1) is 0 Å². The maximum atomic E-state index is 11.1. The molecule has 0 amide bonds. The summed E-state index contributed by atoms with van der Waals surface area (Å²) in [6.45, 7) is 3.78. The summed E-state index contributed by atoms with van der Waals surface area (Å²) in [5.41, 5.74) is 2.30. The fourth-order valence-electron chi connectivity index (χ4n) is 1.35. The number of carbonyl (C=O) groups excluding carboxylic acids is 1. The Bertz CT molecular complexity index is 393. The van der Waals surface area contributed by atoms with E-state index in [1.54, 1.807) is 0 Å². The van der Waals surface area contributed by atoms with Crippen molar-refractivity contribution in [2.24, 2.45) is 0 Å². The first-order chi connectivity index (χ1) is 7.77. The summed E-state index contributed by atoms with van der Waals surface area (Å²) in [6.07, 6.45) is 7.52. The molecule has 1 aromatic rings. The molecule has 16 heavy (non-hydrogen) atoms. The maximum absolute atomic E-state index is 11.1. The van der Waals surface area contributed by atoms with E-state index >= 15 is 0 Å². The molecule has 1 nitrogen and oxygen atoms in total. The third-order valence-electron chi connectivity index (χ3n) is 2.23. The summed E-state index contributed by atoms with van der Waals surface area (Å²) in [5, 5.41) is 0. The number of rotatable bonds is 6. The zero-order valence-corrected chi connectivity index (χ0v) is 11.6. The van der Waals surface area contributed by atoms with Gasteiger partial charge in [0.15, 0.2) is 0 Å². The second kappa shape index (κ2) is 7.39. The standard InChI is InChI=1S/C14H16IO/c1-3-12-8-4-5-9-13(12)10-6-7-11-14(16)15-2/h3-6,8-10H,1,7,11H2,2H3/q-1/b10-6-. The molecule has 0 saturated carbocycles. The summed E-state index contributed by atoms with van der Waals surface area (Å²) in [7, 11) is 0. The van der Waals surface area contributed by atoms with Gasteiger partial charge in [0.25, 0.3) is 0 Å². The summed E-state index contributed by atoms with van der Waals surface area (Å²) in [4.78, 5) is 13.2. The molecule has 0 bridgehead atoms. The molecule has 0 aromatic heterocycles. The normalized spacial score (nSPS) is 10.8. The quantitative estimate of drug-likeness (QED) is 0.419. The summed E-state index contributed by atoms with van der Waals surface area (Å²) >= 11 is -0.227. The molecule has 0 saturated heterocycles. The Kier molecular flexibility index (Phi) is 6.08. The van der Waals surface area contributed by atoms with Gasteiger partial charge in [-0.05, 0) is 0 Å². The molecule has 1 aromatic carbocycles. The van der Waals surface area contributed by atoms with Crippen molar-refractivity contribution in [1.82, 2.24) is 0 Å². The number of alkyl halides is 1. The Morgan fingerprint density at radius 2 is 2.06 bits per heavy atom. The number of hydrogen-bond donors (Lipinski definition) is 0. The van der Waals surface area contributed by atoms with E-state index in [-0.39, 0.29) is 21.2 Å². The molecule has 0 aliphatic rings. The SMILES string of the molecule is C=Cc1ccccc1/C=C\CCC(=O)[I-]C. The molecule has 0 aliphatic heterocycles. The predicted octanol–water partition coefficient (Wildman–Crippen LogP) is 0.368. The van der Waals surface area contributed by atoms with Crippen molar-refractivity contribution in [1.29, 1.82) is 0 Å². The number of halogens is 1. The fourth-order valence-corrected chi connectivity index (χ4v) is 2.20. The van der Waals surface area contributed by atoms with E-state index in [4.69, 9.17) is 0 Å². The topological polar surface area (TPSA) is 17.1 Å².